The molecule has 4 atom stereocenters. The lowest BCUT2D eigenvalue weighted by atomic mass is 9.92. The third-order valence-electron chi connectivity index (χ3n) is 7.02. The highest BCUT2D eigenvalue weighted by Crippen LogP contribution is 2.59. The number of benzene rings is 1. The highest BCUT2D eigenvalue weighted by molar-refractivity contribution is 6.88. The fourth-order valence-electron chi connectivity index (χ4n) is 6.10. The molecule has 2 saturated heterocycles. The molecule has 1 spiro atoms. The normalized spacial score (nSPS) is 31.4. The maximum Gasteiger partial charge on any atom is 0.122 e. The van der Waals surface area contributed by atoms with E-state index in [2.05, 4.69) is 49.3 Å². The van der Waals surface area contributed by atoms with E-state index in [9.17, 15) is 0 Å². The van der Waals surface area contributed by atoms with Crippen LogP contribution in [0.4, 0.5) is 0 Å². The van der Waals surface area contributed by atoms with Crippen LogP contribution < -0.4 is 0 Å². The van der Waals surface area contributed by atoms with Crippen molar-refractivity contribution < 1.29 is 9.57 Å². The molecule has 0 saturated carbocycles. The Hall–Kier alpha value is -1.13. The molecular weight excluding hydrogens is 326 g/mol. The molecule has 0 aliphatic carbocycles. The molecular formula is C21H31NO2Si. The molecule has 2 fully saturated rings. The molecule has 0 N–H and O–H groups in total. The van der Waals surface area contributed by atoms with Gasteiger partial charge in [-0.3, -0.25) is 0 Å². The molecule has 3 aliphatic heterocycles. The highest BCUT2D eigenvalue weighted by atomic mass is 28.3. The zero-order valence-electron chi connectivity index (χ0n) is 15.6. The lowest BCUT2D eigenvalue weighted by Gasteiger charge is -2.43. The number of rotatable bonds is 5. The Kier molecular flexibility index (Phi) is 5.01. The van der Waals surface area contributed by atoms with Gasteiger partial charge in [-0.25, -0.2) is 0 Å². The van der Waals surface area contributed by atoms with E-state index in [1.165, 1.54) is 42.6 Å². The number of oxime groups is 1. The molecule has 4 heteroatoms. The van der Waals surface area contributed by atoms with Crippen molar-refractivity contribution in [3.05, 3.63) is 35.9 Å². The van der Waals surface area contributed by atoms with Crippen molar-refractivity contribution in [3.8, 4) is 0 Å². The summed E-state index contributed by atoms with van der Waals surface area (Å²) in [7, 11) is -1.37. The Balaban J connectivity index is 1.46. The number of nitrogens with zero attached hydrogens (tertiary/aromatic N) is 1. The van der Waals surface area contributed by atoms with Crippen LogP contribution in [-0.4, -0.2) is 27.0 Å². The first-order valence-electron chi connectivity index (χ1n) is 10.0. The SMILES string of the molecule is C[C@@H]1C2=NOC[C@H]2[Si]2(CCCCC2)[C@H]1[C@@H](C)COCc1ccccc1. The molecule has 3 aliphatic rings. The Labute approximate surface area is 152 Å². The van der Waals surface area contributed by atoms with E-state index in [1.807, 2.05) is 0 Å². The summed E-state index contributed by atoms with van der Waals surface area (Å²) < 4.78 is 6.15. The Bertz CT molecular complexity index is 612. The molecule has 3 heterocycles. The van der Waals surface area contributed by atoms with E-state index < -0.39 is 8.07 Å². The quantitative estimate of drug-likeness (QED) is 0.674. The summed E-state index contributed by atoms with van der Waals surface area (Å²) in [6, 6.07) is 13.5. The Morgan fingerprint density at radius 1 is 1.20 bits per heavy atom. The minimum atomic E-state index is -1.37. The van der Waals surface area contributed by atoms with Gasteiger partial charge in [0.2, 0.25) is 0 Å². The van der Waals surface area contributed by atoms with Gasteiger partial charge >= 0.3 is 0 Å². The third kappa shape index (κ3) is 3.08. The fraction of sp³-hybridized carbons (Fsp3) is 0.667. The van der Waals surface area contributed by atoms with Crippen LogP contribution in [0.5, 0.6) is 0 Å². The molecule has 0 bridgehead atoms. The maximum atomic E-state index is 6.15. The van der Waals surface area contributed by atoms with Gasteiger partial charge in [0.1, 0.15) is 6.61 Å². The predicted molar refractivity (Wildman–Crippen MR) is 105 cm³/mol. The van der Waals surface area contributed by atoms with Crippen molar-refractivity contribution in [2.45, 2.75) is 62.9 Å². The van der Waals surface area contributed by atoms with Gasteiger partial charge in [-0.05, 0) is 22.9 Å². The lowest BCUT2D eigenvalue weighted by Crippen LogP contribution is -2.46. The average molecular weight is 358 g/mol. The molecule has 0 unspecified atom stereocenters. The van der Waals surface area contributed by atoms with Crippen LogP contribution in [0.3, 0.4) is 0 Å². The van der Waals surface area contributed by atoms with Crippen LogP contribution in [0.1, 0.15) is 38.7 Å². The summed E-state index contributed by atoms with van der Waals surface area (Å²) in [5, 5.41) is 4.50. The van der Waals surface area contributed by atoms with E-state index in [1.54, 1.807) is 0 Å². The molecule has 1 aromatic carbocycles. The Morgan fingerprint density at radius 2 is 1.96 bits per heavy atom. The second-order valence-electron chi connectivity index (χ2n) is 8.45. The molecule has 0 radical (unpaired) electrons. The van der Waals surface area contributed by atoms with E-state index in [0.29, 0.717) is 17.4 Å². The minimum absolute atomic E-state index is 0.590. The first-order chi connectivity index (χ1) is 12.2. The number of hydrogen-bond acceptors (Lipinski definition) is 3. The summed E-state index contributed by atoms with van der Waals surface area (Å²) in [6.07, 6.45) is 4.28. The first-order valence-corrected chi connectivity index (χ1v) is 12.6. The van der Waals surface area contributed by atoms with Crippen molar-refractivity contribution >= 4 is 13.8 Å². The van der Waals surface area contributed by atoms with Crippen LogP contribution >= 0.6 is 0 Å². The third-order valence-corrected chi connectivity index (χ3v) is 13.8. The fourth-order valence-corrected chi connectivity index (χ4v) is 13.7. The van der Waals surface area contributed by atoms with Gasteiger partial charge in [0.05, 0.1) is 20.4 Å². The predicted octanol–water partition coefficient (Wildman–Crippen LogP) is 5.25. The van der Waals surface area contributed by atoms with Crippen molar-refractivity contribution in [1.82, 2.24) is 0 Å². The van der Waals surface area contributed by atoms with E-state index in [0.717, 1.165) is 25.4 Å². The van der Waals surface area contributed by atoms with Crippen molar-refractivity contribution in [2.24, 2.45) is 17.0 Å². The zero-order valence-corrected chi connectivity index (χ0v) is 16.6. The standard InChI is InChI=1S/C21H31NO2Si/c1-16(13-23-14-18-9-5-3-6-10-18)21-17(2)20-19(15-24-22-20)25(21)11-7-4-8-12-25/h3,5-6,9-10,16-17,19,21H,4,7-8,11-15H2,1-2H3/t16-,17+,19+,21-/m0/s1. The van der Waals surface area contributed by atoms with Crippen molar-refractivity contribution in [3.63, 3.8) is 0 Å². The summed E-state index contributed by atoms with van der Waals surface area (Å²) in [5.74, 6) is 1.21. The topological polar surface area (TPSA) is 30.8 Å². The van der Waals surface area contributed by atoms with Crippen molar-refractivity contribution in [1.29, 1.82) is 0 Å². The second kappa shape index (κ2) is 7.24. The number of hydrogen-bond donors (Lipinski definition) is 0. The van der Waals surface area contributed by atoms with Gasteiger partial charge in [-0.1, -0.05) is 80.7 Å². The summed E-state index contributed by atoms with van der Waals surface area (Å²) >= 11 is 0. The van der Waals surface area contributed by atoms with E-state index >= 15 is 0 Å². The minimum Gasteiger partial charge on any atom is -0.395 e. The van der Waals surface area contributed by atoms with Gasteiger partial charge in [-0.15, -0.1) is 0 Å². The molecule has 1 aromatic rings. The second-order valence-corrected chi connectivity index (χ2v) is 13.3. The van der Waals surface area contributed by atoms with Crippen LogP contribution in [0, 0.1) is 11.8 Å². The zero-order chi connectivity index (χ0) is 17.3. The van der Waals surface area contributed by atoms with E-state index in [4.69, 9.17) is 9.57 Å². The molecule has 4 rings (SSSR count). The van der Waals surface area contributed by atoms with Crippen LogP contribution in [0.15, 0.2) is 35.5 Å². The molecule has 25 heavy (non-hydrogen) atoms. The van der Waals surface area contributed by atoms with Gasteiger partial charge in [0.25, 0.3) is 0 Å². The first kappa shape index (κ1) is 17.3. The van der Waals surface area contributed by atoms with Gasteiger partial charge in [-0.2, -0.15) is 0 Å². The van der Waals surface area contributed by atoms with Crippen LogP contribution in [-0.2, 0) is 16.2 Å². The maximum absolute atomic E-state index is 6.15. The highest BCUT2D eigenvalue weighted by Gasteiger charge is 2.61. The monoisotopic (exact) mass is 357 g/mol. The van der Waals surface area contributed by atoms with E-state index in [-0.39, 0.29) is 0 Å². The van der Waals surface area contributed by atoms with Crippen molar-refractivity contribution in [2.75, 3.05) is 13.2 Å². The van der Waals surface area contributed by atoms with Gasteiger partial charge in [0.15, 0.2) is 0 Å². The Morgan fingerprint density at radius 3 is 2.72 bits per heavy atom. The smallest absolute Gasteiger partial charge is 0.122 e. The molecule has 0 aromatic heterocycles. The molecule has 0 amide bonds. The summed E-state index contributed by atoms with van der Waals surface area (Å²) in [4.78, 5) is 5.57. The number of ether oxygens (including phenoxy) is 1. The van der Waals surface area contributed by atoms with Crippen LogP contribution in [0.2, 0.25) is 23.2 Å². The largest absolute Gasteiger partial charge is 0.395 e. The van der Waals surface area contributed by atoms with Gasteiger partial charge in [0, 0.05) is 12.1 Å². The van der Waals surface area contributed by atoms with Gasteiger partial charge < -0.3 is 9.57 Å². The summed E-state index contributed by atoms with van der Waals surface area (Å²) in [6.45, 7) is 7.32. The molecule has 136 valence electrons. The average Bonchev–Trinajstić information content (AvgIpc) is 3.20. The molecule has 3 nitrogen and oxygen atoms in total. The van der Waals surface area contributed by atoms with Crippen LogP contribution in [0.25, 0.3) is 0 Å². The lowest BCUT2D eigenvalue weighted by molar-refractivity contribution is 0.0863. The summed E-state index contributed by atoms with van der Waals surface area (Å²) in [5.41, 5.74) is 4.20. The number of fused-ring (bicyclic) bond motifs is 2.